The predicted octanol–water partition coefficient (Wildman–Crippen LogP) is 0.268. The molecule has 2 aromatic rings. The third-order valence-electron chi connectivity index (χ3n) is 3.12. The van der Waals surface area contributed by atoms with Gasteiger partial charge in [-0.15, -0.1) is 10.2 Å². The summed E-state index contributed by atoms with van der Waals surface area (Å²) in [6.07, 6.45) is 1.65. The molecule has 3 N–H and O–H groups in total. The molecule has 3 heterocycles. The molecular weight excluding hydrogens is 282 g/mol. The first kappa shape index (κ1) is 12.8. The van der Waals surface area contributed by atoms with Gasteiger partial charge in [0, 0.05) is 13.1 Å². The van der Waals surface area contributed by atoms with Crippen molar-refractivity contribution in [2.24, 2.45) is 5.84 Å². The largest absolute Gasteiger partial charge is 0.328 e. The first-order chi connectivity index (χ1) is 9.69. The highest BCUT2D eigenvalue weighted by atomic mass is 35.5. The Morgan fingerprint density at radius 2 is 2.25 bits per heavy atom. The summed E-state index contributed by atoms with van der Waals surface area (Å²) in [7, 11) is 0. The van der Waals surface area contributed by atoms with Crippen molar-refractivity contribution < 1.29 is 4.79 Å². The number of hydrogen-bond donors (Lipinski definition) is 2. The molecule has 0 atom stereocenters. The van der Waals surface area contributed by atoms with Crippen LogP contribution in [0.3, 0.4) is 0 Å². The number of pyridine rings is 1. The summed E-state index contributed by atoms with van der Waals surface area (Å²) in [6, 6.07) is 3.19. The smallest absolute Gasteiger partial charge is 0.274 e. The fourth-order valence-electron chi connectivity index (χ4n) is 2.06. The molecule has 0 aromatic carbocycles. The summed E-state index contributed by atoms with van der Waals surface area (Å²) in [6.45, 7) is 1.60. The Hall–Kier alpha value is -2.19. The van der Waals surface area contributed by atoms with Crippen LogP contribution in [0.15, 0.2) is 18.5 Å². The highest BCUT2D eigenvalue weighted by Crippen LogP contribution is 2.20. The van der Waals surface area contributed by atoms with Gasteiger partial charge in [-0.1, -0.05) is 11.6 Å². The maximum Gasteiger partial charge on any atom is 0.274 e. The second kappa shape index (κ2) is 5.06. The van der Waals surface area contributed by atoms with Crippen LogP contribution in [-0.2, 0) is 13.1 Å². The molecule has 0 fully saturated rings. The predicted molar refractivity (Wildman–Crippen MR) is 71.8 cm³/mol. The average Bonchev–Trinajstić information content (AvgIpc) is 2.94. The first-order valence-corrected chi connectivity index (χ1v) is 6.36. The molecule has 0 unspecified atom stereocenters. The van der Waals surface area contributed by atoms with Crippen LogP contribution in [0, 0.1) is 0 Å². The van der Waals surface area contributed by atoms with Crippen molar-refractivity contribution in [1.82, 2.24) is 24.6 Å². The summed E-state index contributed by atoms with van der Waals surface area (Å²) < 4.78 is 1.91. The highest BCUT2D eigenvalue weighted by molar-refractivity contribution is 6.33. The van der Waals surface area contributed by atoms with Crippen molar-refractivity contribution in [2.75, 3.05) is 12.0 Å². The van der Waals surface area contributed by atoms with Gasteiger partial charge in [-0.2, -0.15) is 0 Å². The molecule has 104 valence electrons. The second-order valence-electron chi connectivity index (χ2n) is 4.34. The van der Waals surface area contributed by atoms with E-state index in [1.54, 1.807) is 23.4 Å². The molecule has 2 aromatic heterocycles. The van der Waals surface area contributed by atoms with Crippen molar-refractivity contribution in [3.8, 4) is 0 Å². The van der Waals surface area contributed by atoms with Crippen LogP contribution < -0.4 is 11.3 Å². The Kier molecular flexibility index (Phi) is 3.25. The van der Waals surface area contributed by atoms with Gasteiger partial charge in [0.15, 0.2) is 5.82 Å². The number of fused-ring (bicyclic) bond motifs is 1. The minimum atomic E-state index is -0.249. The van der Waals surface area contributed by atoms with Crippen molar-refractivity contribution in [2.45, 2.75) is 13.1 Å². The van der Waals surface area contributed by atoms with Crippen LogP contribution >= 0.6 is 11.6 Å². The number of carbonyl (C=O) groups is 1. The van der Waals surface area contributed by atoms with E-state index in [1.807, 2.05) is 4.57 Å². The topological polar surface area (TPSA) is 102 Å². The number of nitrogens with two attached hydrogens (primary N) is 1. The number of nitrogens with zero attached hydrogens (tertiary/aromatic N) is 5. The summed E-state index contributed by atoms with van der Waals surface area (Å²) in [4.78, 5) is 18.2. The average molecular weight is 294 g/mol. The van der Waals surface area contributed by atoms with E-state index >= 15 is 0 Å². The van der Waals surface area contributed by atoms with E-state index in [0.29, 0.717) is 30.5 Å². The molecule has 1 aliphatic heterocycles. The first-order valence-electron chi connectivity index (χ1n) is 5.98. The van der Waals surface area contributed by atoms with Gasteiger partial charge in [0.25, 0.3) is 5.91 Å². The lowest BCUT2D eigenvalue weighted by molar-refractivity contribution is 0.0702. The number of nitrogens with one attached hydrogen (secondary N) is 1. The van der Waals surface area contributed by atoms with Crippen molar-refractivity contribution >= 4 is 23.3 Å². The number of rotatable bonds is 2. The van der Waals surface area contributed by atoms with Crippen molar-refractivity contribution in [3.05, 3.63) is 35.0 Å². The van der Waals surface area contributed by atoms with Crippen LogP contribution in [0.5, 0.6) is 0 Å². The van der Waals surface area contributed by atoms with Crippen molar-refractivity contribution in [1.29, 1.82) is 0 Å². The molecule has 0 saturated carbocycles. The number of halogens is 1. The monoisotopic (exact) mass is 293 g/mol. The van der Waals surface area contributed by atoms with Crippen molar-refractivity contribution in [3.63, 3.8) is 0 Å². The fourth-order valence-corrected chi connectivity index (χ4v) is 2.25. The molecule has 1 amide bonds. The fraction of sp³-hybridized carbons (Fsp3) is 0.273. The maximum absolute atomic E-state index is 12.5. The Bertz CT molecular complexity index is 656. The zero-order chi connectivity index (χ0) is 14.1. The molecule has 0 radical (unpaired) electrons. The highest BCUT2D eigenvalue weighted by Gasteiger charge is 2.25. The summed E-state index contributed by atoms with van der Waals surface area (Å²) in [5, 5.41) is 8.09. The van der Waals surface area contributed by atoms with E-state index in [0.717, 1.165) is 5.82 Å². The molecule has 0 spiro atoms. The van der Waals surface area contributed by atoms with Gasteiger partial charge in [-0.3, -0.25) is 4.79 Å². The lowest BCUT2D eigenvalue weighted by atomic mass is 10.2. The molecule has 20 heavy (non-hydrogen) atoms. The van der Waals surface area contributed by atoms with Crippen LogP contribution in [0.2, 0.25) is 5.02 Å². The Morgan fingerprint density at radius 1 is 1.40 bits per heavy atom. The van der Waals surface area contributed by atoms with E-state index < -0.39 is 0 Å². The van der Waals surface area contributed by atoms with E-state index in [1.165, 1.54) is 0 Å². The van der Waals surface area contributed by atoms with E-state index in [9.17, 15) is 4.79 Å². The van der Waals surface area contributed by atoms with Gasteiger partial charge >= 0.3 is 0 Å². The third-order valence-corrected chi connectivity index (χ3v) is 3.43. The standard InChI is InChI=1S/C11H12ClN7O/c12-7-1-2-8(16-13)15-10(7)11(20)18-3-4-19-6-14-17-9(19)5-18/h1-2,6H,3-5,13H2,(H,15,16). The minimum absolute atomic E-state index is 0.176. The maximum atomic E-state index is 12.5. The molecule has 0 saturated heterocycles. The van der Waals surface area contributed by atoms with Gasteiger partial charge in [-0.05, 0) is 12.1 Å². The normalized spacial score (nSPS) is 14.0. The molecule has 1 aliphatic rings. The number of nitrogen functional groups attached to an aromatic ring is 1. The van der Waals surface area contributed by atoms with Gasteiger partial charge in [-0.25, -0.2) is 10.8 Å². The van der Waals surface area contributed by atoms with E-state index in [4.69, 9.17) is 17.4 Å². The lowest BCUT2D eigenvalue weighted by Gasteiger charge is -2.27. The number of aromatic nitrogens is 4. The number of amides is 1. The molecule has 3 rings (SSSR count). The molecular formula is C11H12ClN7O. The number of hydrogen-bond acceptors (Lipinski definition) is 6. The van der Waals surface area contributed by atoms with Gasteiger partial charge in [0.2, 0.25) is 0 Å². The minimum Gasteiger partial charge on any atom is -0.328 e. The molecule has 0 bridgehead atoms. The molecule has 9 heteroatoms. The molecule has 0 aliphatic carbocycles. The van der Waals surface area contributed by atoms with E-state index in [2.05, 4.69) is 20.6 Å². The summed E-state index contributed by atoms with van der Waals surface area (Å²) in [5.41, 5.74) is 2.57. The third kappa shape index (κ3) is 2.19. The van der Waals surface area contributed by atoms with Crippen LogP contribution in [0.25, 0.3) is 0 Å². The summed E-state index contributed by atoms with van der Waals surface area (Å²) >= 11 is 6.03. The van der Waals surface area contributed by atoms with E-state index in [-0.39, 0.29) is 11.6 Å². The SMILES string of the molecule is NNc1ccc(Cl)c(C(=O)N2CCn3cnnc3C2)n1. The van der Waals surface area contributed by atoms with Crippen LogP contribution in [0.4, 0.5) is 5.82 Å². The van der Waals surface area contributed by atoms with Gasteiger partial charge in [0.05, 0.1) is 11.6 Å². The quantitative estimate of drug-likeness (QED) is 0.608. The molecule has 8 nitrogen and oxygen atoms in total. The Labute approximate surface area is 119 Å². The van der Waals surface area contributed by atoms with Crippen LogP contribution in [0.1, 0.15) is 16.3 Å². The Morgan fingerprint density at radius 3 is 3.05 bits per heavy atom. The van der Waals surface area contributed by atoms with Gasteiger partial charge in [0.1, 0.15) is 17.8 Å². The zero-order valence-corrected chi connectivity index (χ0v) is 11.2. The lowest BCUT2D eigenvalue weighted by Crippen LogP contribution is -2.38. The number of hydrazine groups is 1. The van der Waals surface area contributed by atoms with Gasteiger partial charge < -0.3 is 14.9 Å². The zero-order valence-electron chi connectivity index (χ0n) is 10.5. The number of anilines is 1. The van der Waals surface area contributed by atoms with Crippen LogP contribution in [-0.4, -0.2) is 37.1 Å². The second-order valence-corrected chi connectivity index (χ2v) is 4.75. The Balaban J connectivity index is 1.87. The number of carbonyl (C=O) groups excluding carboxylic acids is 1. The summed E-state index contributed by atoms with van der Waals surface area (Å²) in [5.74, 6) is 6.18.